The summed E-state index contributed by atoms with van der Waals surface area (Å²) in [6, 6.07) is 3.41. The molecule has 1 atom stereocenters. The molecule has 1 aromatic carbocycles. The first-order chi connectivity index (χ1) is 7.58. The van der Waals surface area contributed by atoms with E-state index in [2.05, 4.69) is 0 Å². The molecule has 0 spiro atoms. The summed E-state index contributed by atoms with van der Waals surface area (Å²) in [4.78, 5) is 10.3. The predicted octanol–water partition coefficient (Wildman–Crippen LogP) is 2.01. The smallest absolute Gasteiger partial charge is 0.272 e. The van der Waals surface area contributed by atoms with Crippen molar-refractivity contribution >= 4 is 5.69 Å². The van der Waals surface area contributed by atoms with Crippen LogP contribution in [0.15, 0.2) is 18.2 Å². The molecule has 2 N–H and O–H groups in total. The first-order valence-corrected chi connectivity index (χ1v) is 5.26. The highest BCUT2D eigenvalue weighted by Crippen LogP contribution is 2.34. The van der Waals surface area contributed by atoms with Crippen molar-refractivity contribution in [1.29, 1.82) is 0 Å². The third-order valence-electron chi connectivity index (χ3n) is 2.92. The van der Waals surface area contributed by atoms with E-state index in [0.29, 0.717) is 17.9 Å². The van der Waals surface area contributed by atoms with Crippen molar-refractivity contribution in [2.24, 2.45) is 11.7 Å². The van der Waals surface area contributed by atoms with Gasteiger partial charge in [-0.1, -0.05) is 0 Å². The van der Waals surface area contributed by atoms with Gasteiger partial charge >= 0.3 is 0 Å². The van der Waals surface area contributed by atoms with Crippen molar-refractivity contribution in [3.63, 3.8) is 0 Å². The normalized spacial score (nSPS) is 17.1. The van der Waals surface area contributed by atoms with E-state index in [1.807, 2.05) is 0 Å². The SMILES string of the molecule is NC(Cc1cc(F)ccc1[N+](=O)[O-])C1CC1. The Labute approximate surface area is 92.4 Å². The average Bonchev–Trinajstić information content (AvgIpc) is 2.99. The van der Waals surface area contributed by atoms with Gasteiger partial charge in [0.2, 0.25) is 0 Å². The van der Waals surface area contributed by atoms with Crippen LogP contribution in [0.25, 0.3) is 0 Å². The lowest BCUT2D eigenvalue weighted by atomic mass is 10.0. The van der Waals surface area contributed by atoms with E-state index in [9.17, 15) is 14.5 Å². The van der Waals surface area contributed by atoms with Crippen LogP contribution in [0.3, 0.4) is 0 Å². The molecule has 1 fully saturated rings. The summed E-state index contributed by atoms with van der Waals surface area (Å²) in [5.41, 5.74) is 6.23. The van der Waals surface area contributed by atoms with Crippen molar-refractivity contribution in [2.45, 2.75) is 25.3 Å². The highest BCUT2D eigenvalue weighted by atomic mass is 19.1. The maximum Gasteiger partial charge on any atom is 0.272 e. The molecule has 0 aliphatic heterocycles. The Morgan fingerprint density at radius 1 is 1.56 bits per heavy atom. The molecule has 1 aliphatic rings. The standard InChI is InChI=1S/C11H13FN2O2/c12-9-3-4-11(14(15)16)8(5-9)6-10(13)7-1-2-7/h3-5,7,10H,1-2,6,13H2. The largest absolute Gasteiger partial charge is 0.327 e. The number of nitrogens with zero attached hydrogens (tertiary/aromatic N) is 1. The fraction of sp³-hybridized carbons (Fsp3) is 0.455. The van der Waals surface area contributed by atoms with E-state index >= 15 is 0 Å². The van der Waals surface area contributed by atoms with Gasteiger partial charge in [0, 0.05) is 17.7 Å². The molecule has 2 rings (SSSR count). The first-order valence-electron chi connectivity index (χ1n) is 5.26. The molecule has 0 amide bonds. The number of benzene rings is 1. The van der Waals surface area contributed by atoms with Gasteiger partial charge < -0.3 is 5.73 Å². The van der Waals surface area contributed by atoms with E-state index in [1.54, 1.807) is 0 Å². The van der Waals surface area contributed by atoms with Crippen LogP contribution in [0.2, 0.25) is 0 Å². The first kappa shape index (κ1) is 11.0. The minimum atomic E-state index is -0.492. The van der Waals surface area contributed by atoms with Gasteiger partial charge in [0.25, 0.3) is 5.69 Å². The van der Waals surface area contributed by atoms with E-state index in [-0.39, 0.29) is 11.7 Å². The second kappa shape index (κ2) is 4.17. The second-order valence-corrected chi connectivity index (χ2v) is 4.24. The van der Waals surface area contributed by atoms with Gasteiger partial charge in [-0.2, -0.15) is 0 Å². The minimum absolute atomic E-state index is 0.0440. The molecule has 0 saturated heterocycles. The Kier molecular flexibility index (Phi) is 2.87. The van der Waals surface area contributed by atoms with E-state index in [4.69, 9.17) is 5.73 Å². The Morgan fingerprint density at radius 3 is 2.81 bits per heavy atom. The fourth-order valence-electron chi connectivity index (χ4n) is 1.84. The third kappa shape index (κ3) is 2.36. The summed E-state index contributed by atoms with van der Waals surface area (Å²) < 4.78 is 13.0. The molecular weight excluding hydrogens is 211 g/mol. The zero-order valence-electron chi connectivity index (χ0n) is 8.73. The number of nitro benzene ring substituents is 1. The highest BCUT2D eigenvalue weighted by Gasteiger charge is 2.30. The Bertz CT molecular complexity index is 418. The quantitative estimate of drug-likeness (QED) is 0.628. The lowest BCUT2D eigenvalue weighted by molar-refractivity contribution is -0.385. The summed E-state index contributed by atoms with van der Waals surface area (Å²) >= 11 is 0. The predicted molar refractivity (Wildman–Crippen MR) is 57.5 cm³/mol. The van der Waals surface area contributed by atoms with E-state index < -0.39 is 10.7 Å². The van der Waals surface area contributed by atoms with Crippen molar-refractivity contribution < 1.29 is 9.31 Å². The summed E-state index contributed by atoms with van der Waals surface area (Å²) in [6.07, 6.45) is 2.52. The fourth-order valence-corrected chi connectivity index (χ4v) is 1.84. The third-order valence-corrected chi connectivity index (χ3v) is 2.92. The summed E-state index contributed by atoms with van der Waals surface area (Å²) in [5, 5.41) is 10.7. The molecule has 1 saturated carbocycles. The summed E-state index contributed by atoms with van der Waals surface area (Å²) in [6.45, 7) is 0. The lowest BCUT2D eigenvalue weighted by Crippen LogP contribution is -2.25. The van der Waals surface area contributed by atoms with Gasteiger partial charge in [0.15, 0.2) is 0 Å². The van der Waals surface area contributed by atoms with Crippen molar-refractivity contribution in [1.82, 2.24) is 0 Å². The van der Waals surface area contributed by atoms with Gasteiger partial charge in [0.05, 0.1) is 4.92 Å². The van der Waals surface area contributed by atoms with Crippen LogP contribution in [0.4, 0.5) is 10.1 Å². The topological polar surface area (TPSA) is 69.2 Å². The number of rotatable bonds is 4. The zero-order chi connectivity index (χ0) is 11.7. The second-order valence-electron chi connectivity index (χ2n) is 4.24. The molecule has 0 radical (unpaired) electrons. The molecule has 1 unspecified atom stereocenters. The van der Waals surface area contributed by atoms with Gasteiger partial charge in [-0.15, -0.1) is 0 Å². The van der Waals surface area contributed by atoms with Crippen molar-refractivity contribution in [3.05, 3.63) is 39.7 Å². The highest BCUT2D eigenvalue weighted by molar-refractivity contribution is 5.41. The molecule has 0 bridgehead atoms. The van der Waals surface area contributed by atoms with Crippen LogP contribution in [0.5, 0.6) is 0 Å². The molecule has 1 aromatic rings. The maximum atomic E-state index is 13.0. The van der Waals surface area contributed by atoms with Crippen molar-refractivity contribution in [3.8, 4) is 0 Å². The Morgan fingerprint density at radius 2 is 2.25 bits per heavy atom. The molecule has 16 heavy (non-hydrogen) atoms. The van der Waals surface area contributed by atoms with E-state index in [0.717, 1.165) is 18.9 Å². The number of nitro groups is 1. The van der Waals surface area contributed by atoms with Gasteiger partial charge in [-0.25, -0.2) is 4.39 Å². The van der Waals surface area contributed by atoms with Gasteiger partial charge in [-0.3, -0.25) is 10.1 Å². The lowest BCUT2D eigenvalue weighted by Gasteiger charge is -2.10. The molecular formula is C11H13FN2O2. The molecule has 4 nitrogen and oxygen atoms in total. The zero-order valence-corrected chi connectivity index (χ0v) is 8.73. The van der Waals surface area contributed by atoms with Gasteiger partial charge in [0.1, 0.15) is 5.82 Å². The van der Waals surface area contributed by atoms with Crippen LogP contribution in [-0.2, 0) is 6.42 Å². The average molecular weight is 224 g/mol. The molecule has 0 heterocycles. The van der Waals surface area contributed by atoms with Gasteiger partial charge in [-0.05, 0) is 37.3 Å². The summed E-state index contributed by atoms with van der Waals surface area (Å²) in [5.74, 6) is -0.00790. The summed E-state index contributed by atoms with van der Waals surface area (Å²) in [7, 11) is 0. The number of halogens is 1. The monoisotopic (exact) mass is 224 g/mol. The molecule has 1 aliphatic carbocycles. The van der Waals surface area contributed by atoms with Crippen LogP contribution < -0.4 is 5.73 Å². The van der Waals surface area contributed by atoms with Crippen LogP contribution in [-0.4, -0.2) is 11.0 Å². The van der Waals surface area contributed by atoms with Crippen molar-refractivity contribution in [2.75, 3.05) is 0 Å². The maximum absolute atomic E-state index is 13.0. The number of hydrogen-bond donors (Lipinski definition) is 1. The minimum Gasteiger partial charge on any atom is -0.327 e. The Hall–Kier alpha value is -1.49. The van der Waals surface area contributed by atoms with Crippen LogP contribution in [0, 0.1) is 21.8 Å². The molecule has 0 aromatic heterocycles. The van der Waals surface area contributed by atoms with E-state index in [1.165, 1.54) is 12.1 Å². The number of hydrogen-bond acceptors (Lipinski definition) is 3. The van der Waals surface area contributed by atoms with Crippen LogP contribution in [0.1, 0.15) is 18.4 Å². The molecule has 86 valence electrons. The number of nitrogens with two attached hydrogens (primary N) is 1. The Balaban J connectivity index is 2.22. The van der Waals surface area contributed by atoms with Crippen LogP contribution >= 0.6 is 0 Å². The molecule has 5 heteroatoms.